The van der Waals surface area contributed by atoms with E-state index in [0.29, 0.717) is 44.5 Å². The Balaban J connectivity index is 1.42. The van der Waals surface area contributed by atoms with Crippen LogP contribution in [0.3, 0.4) is 0 Å². The van der Waals surface area contributed by atoms with Gasteiger partial charge in [0.1, 0.15) is 0 Å². The highest BCUT2D eigenvalue weighted by molar-refractivity contribution is 5.26. The fraction of sp³-hybridized carbons (Fsp3) is 0.478. The standard InChI is InChI=1S/C23H26F3NO2/c24-23(25,26)19-8-4-7-17(11-19)9-10-22(28)12-20-15-29-16-21(13-22)27(20)14-18-5-2-1-3-6-18/h1-8,11,20-21,28H,9-10,12-16H2. The van der Waals surface area contributed by atoms with E-state index in [4.69, 9.17) is 4.74 Å². The minimum absolute atomic E-state index is 0.120. The smallest absolute Gasteiger partial charge is 0.390 e. The molecule has 3 nitrogen and oxygen atoms in total. The Hall–Kier alpha value is -1.89. The highest BCUT2D eigenvalue weighted by atomic mass is 19.4. The molecule has 2 aliphatic rings. The summed E-state index contributed by atoms with van der Waals surface area (Å²) in [4.78, 5) is 2.41. The van der Waals surface area contributed by atoms with Crippen molar-refractivity contribution < 1.29 is 23.0 Å². The fourth-order valence-corrected chi connectivity index (χ4v) is 4.68. The molecule has 0 aromatic heterocycles. The maximum absolute atomic E-state index is 12.9. The molecule has 2 bridgehead atoms. The lowest BCUT2D eigenvalue weighted by molar-refractivity contribution is -0.148. The summed E-state index contributed by atoms with van der Waals surface area (Å²) in [5.41, 5.74) is 0.339. The molecule has 6 heteroatoms. The summed E-state index contributed by atoms with van der Waals surface area (Å²) < 4.78 is 44.6. The van der Waals surface area contributed by atoms with Gasteiger partial charge in [0.15, 0.2) is 0 Å². The zero-order chi connectivity index (χ0) is 20.5. The molecule has 2 aromatic carbocycles. The minimum atomic E-state index is -4.34. The molecule has 2 saturated heterocycles. The van der Waals surface area contributed by atoms with Crippen molar-refractivity contribution >= 4 is 0 Å². The Morgan fingerprint density at radius 2 is 1.62 bits per heavy atom. The van der Waals surface area contributed by atoms with Gasteiger partial charge in [-0.25, -0.2) is 0 Å². The molecule has 2 aromatic rings. The van der Waals surface area contributed by atoms with Gasteiger partial charge in [0, 0.05) is 18.6 Å². The van der Waals surface area contributed by atoms with Crippen LogP contribution in [0.1, 0.15) is 36.0 Å². The van der Waals surface area contributed by atoms with Gasteiger partial charge in [-0.1, -0.05) is 48.5 Å². The summed E-state index contributed by atoms with van der Waals surface area (Å²) in [7, 11) is 0. The van der Waals surface area contributed by atoms with Crippen molar-refractivity contribution in [2.75, 3.05) is 13.2 Å². The third-order valence-electron chi connectivity index (χ3n) is 6.13. The number of morpholine rings is 1. The highest BCUT2D eigenvalue weighted by Gasteiger charge is 2.45. The van der Waals surface area contributed by atoms with Gasteiger partial charge in [0.2, 0.25) is 0 Å². The first-order chi connectivity index (χ1) is 13.8. The van der Waals surface area contributed by atoms with Crippen LogP contribution in [0, 0.1) is 0 Å². The lowest BCUT2D eigenvalue weighted by Gasteiger charge is -2.52. The number of hydrogen-bond donors (Lipinski definition) is 1. The molecular formula is C23H26F3NO2. The van der Waals surface area contributed by atoms with Crippen molar-refractivity contribution in [3.8, 4) is 0 Å². The highest BCUT2D eigenvalue weighted by Crippen LogP contribution is 2.38. The Morgan fingerprint density at radius 3 is 2.28 bits per heavy atom. The van der Waals surface area contributed by atoms with E-state index in [1.54, 1.807) is 6.07 Å². The maximum Gasteiger partial charge on any atom is 0.416 e. The molecule has 0 spiro atoms. The third kappa shape index (κ3) is 4.82. The Morgan fingerprint density at radius 1 is 0.966 bits per heavy atom. The predicted molar refractivity (Wildman–Crippen MR) is 104 cm³/mol. The van der Waals surface area contributed by atoms with Crippen LogP contribution in [0.2, 0.25) is 0 Å². The Bertz CT molecular complexity index is 810. The van der Waals surface area contributed by atoms with Crippen LogP contribution in [-0.4, -0.2) is 40.9 Å². The zero-order valence-electron chi connectivity index (χ0n) is 16.2. The number of aryl methyl sites for hydroxylation is 1. The third-order valence-corrected chi connectivity index (χ3v) is 6.13. The molecular weight excluding hydrogens is 379 g/mol. The molecule has 156 valence electrons. The van der Waals surface area contributed by atoms with Crippen LogP contribution < -0.4 is 0 Å². The van der Waals surface area contributed by atoms with E-state index in [2.05, 4.69) is 17.0 Å². The van der Waals surface area contributed by atoms with Crippen molar-refractivity contribution in [1.29, 1.82) is 0 Å². The molecule has 2 atom stereocenters. The molecule has 0 saturated carbocycles. The quantitative estimate of drug-likeness (QED) is 0.799. The van der Waals surface area contributed by atoms with E-state index < -0.39 is 17.3 Å². The molecule has 0 radical (unpaired) electrons. The topological polar surface area (TPSA) is 32.7 Å². The van der Waals surface area contributed by atoms with E-state index in [-0.39, 0.29) is 12.1 Å². The number of halogens is 3. The van der Waals surface area contributed by atoms with Gasteiger partial charge in [0.05, 0.1) is 24.4 Å². The van der Waals surface area contributed by atoms with Gasteiger partial charge in [-0.15, -0.1) is 0 Å². The average Bonchev–Trinajstić information content (AvgIpc) is 2.68. The fourth-order valence-electron chi connectivity index (χ4n) is 4.68. The van der Waals surface area contributed by atoms with Crippen LogP contribution in [0.5, 0.6) is 0 Å². The van der Waals surface area contributed by atoms with Crippen LogP contribution >= 0.6 is 0 Å². The summed E-state index contributed by atoms with van der Waals surface area (Å²) in [6.07, 6.45) is -2.30. The number of fused-ring (bicyclic) bond motifs is 2. The first-order valence-corrected chi connectivity index (χ1v) is 10.1. The first kappa shape index (κ1) is 20.4. The molecule has 0 amide bonds. The van der Waals surface area contributed by atoms with Crippen LogP contribution in [0.4, 0.5) is 13.2 Å². The number of hydrogen-bond acceptors (Lipinski definition) is 3. The lowest BCUT2D eigenvalue weighted by atomic mass is 9.77. The minimum Gasteiger partial charge on any atom is -0.390 e. The maximum atomic E-state index is 12.9. The number of benzene rings is 2. The molecule has 4 rings (SSSR count). The molecule has 1 N–H and O–H groups in total. The van der Waals surface area contributed by atoms with E-state index in [1.165, 1.54) is 17.7 Å². The number of aliphatic hydroxyl groups is 1. The lowest BCUT2D eigenvalue weighted by Crippen LogP contribution is -2.61. The Labute approximate surface area is 169 Å². The number of nitrogens with zero attached hydrogens (tertiary/aromatic N) is 1. The largest absolute Gasteiger partial charge is 0.416 e. The second kappa shape index (κ2) is 8.09. The molecule has 2 aliphatic heterocycles. The molecule has 2 heterocycles. The van der Waals surface area contributed by atoms with Gasteiger partial charge in [0.25, 0.3) is 0 Å². The first-order valence-electron chi connectivity index (χ1n) is 10.1. The van der Waals surface area contributed by atoms with E-state index >= 15 is 0 Å². The van der Waals surface area contributed by atoms with E-state index in [1.807, 2.05) is 18.2 Å². The predicted octanol–water partition coefficient (Wildman–Crippen LogP) is 4.43. The molecule has 0 aliphatic carbocycles. The second-order valence-electron chi connectivity index (χ2n) is 8.33. The van der Waals surface area contributed by atoms with Crippen molar-refractivity contribution in [2.24, 2.45) is 0 Å². The average molecular weight is 405 g/mol. The molecule has 2 unspecified atom stereocenters. The van der Waals surface area contributed by atoms with Crippen molar-refractivity contribution in [2.45, 2.75) is 56.1 Å². The van der Waals surface area contributed by atoms with E-state index in [9.17, 15) is 18.3 Å². The number of piperidine rings is 1. The van der Waals surface area contributed by atoms with Crippen LogP contribution in [-0.2, 0) is 23.9 Å². The van der Waals surface area contributed by atoms with Gasteiger partial charge >= 0.3 is 6.18 Å². The van der Waals surface area contributed by atoms with Crippen LogP contribution in [0.25, 0.3) is 0 Å². The summed E-state index contributed by atoms with van der Waals surface area (Å²) >= 11 is 0. The van der Waals surface area contributed by atoms with E-state index in [0.717, 1.165) is 12.6 Å². The summed E-state index contributed by atoms with van der Waals surface area (Å²) in [5.74, 6) is 0. The van der Waals surface area contributed by atoms with Crippen molar-refractivity contribution in [3.05, 3.63) is 71.3 Å². The monoisotopic (exact) mass is 405 g/mol. The number of alkyl halides is 3. The van der Waals surface area contributed by atoms with Crippen molar-refractivity contribution in [3.63, 3.8) is 0 Å². The van der Waals surface area contributed by atoms with Gasteiger partial charge in [-0.05, 0) is 42.9 Å². The summed E-state index contributed by atoms with van der Waals surface area (Å²) in [5, 5.41) is 11.2. The van der Waals surface area contributed by atoms with Gasteiger partial charge in [-0.3, -0.25) is 4.90 Å². The SMILES string of the molecule is OC1(CCc2cccc(C(F)(F)F)c2)CC2COCC(C1)N2Cc1ccccc1. The second-order valence-corrected chi connectivity index (χ2v) is 8.33. The summed E-state index contributed by atoms with van der Waals surface area (Å²) in [6, 6.07) is 15.9. The van der Waals surface area contributed by atoms with Crippen LogP contribution in [0.15, 0.2) is 54.6 Å². The van der Waals surface area contributed by atoms with Gasteiger partial charge in [-0.2, -0.15) is 13.2 Å². The van der Waals surface area contributed by atoms with Crippen molar-refractivity contribution in [1.82, 2.24) is 4.90 Å². The van der Waals surface area contributed by atoms with Gasteiger partial charge < -0.3 is 9.84 Å². The Kier molecular flexibility index (Phi) is 5.69. The normalized spacial score (nSPS) is 27.7. The molecule has 29 heavy (non-hydrogen) atoms. The number of rotatable bonds is 5. The zero-order valence-corrected chi connectivity index (χ0v) is 16.2. The number of ether oxygens (including phenoxy) is 1. The summed E-state index contributed by atoms with van der Waals surface area (Å²) in [6.45, 7) is 1.98. The molecule has 2 fully saturated rings.